The van der Waals surface area contributed by atoms with Gasteiger partial charge in [0, 0.05) is 37.2 Å². The summed E-state index contributed by atoms with van der Waals surface area (Å²) >= 11 is 0. The Morgan fingerprint density at radius 2 is 1.94 bits per heavy atom. The number of likely N-dealkylation sites (N-methyl/N-ethyl adjacent to an activating group) is 1. The number of hydrogen-bond donors (Lipinski definition) is 1. The lowest BCUT2D eigenvalue weighted by Crippen LogP contribution is -2.58. The maximum Gasteiger partial charge on any atom is 0.490 e. The number of fused-ring (bicyclic) bond motifs is 1. The van der Waals surface area contributed by atoms with Crippen LogP contribution in [0.4, 0.5) is 13.2 Å². The third-order valence-corrected chi connectivity index (χ3v) is 5.61. The molecule has 2 fully saturated rings. The van der Waals surface area contributed by atoms with Crippen LogP contribution in [0.1, 0.15) is 29.6 Å². The van der Waals surface area contributed by atoms with Gasteiger partial charge in [-0.05, 0) is 45.5 Å². The average Bonchev–Trinajstić information content (AvgIpc) is 2.76. The maximum atomic E-state index is 12.9. The molecule has 10 heteroatoms. The van der Waals surface area contributed by atoms with Gasteiger partial charge in [-0.2, -0.15) is 13.2 Å². The van der Waals surface area contributed by atoms with Gasteiger partial charge in [0.2, 0.25) is 0 Å². The first-order valence-electron chi connectivity index (χ1n) is 10.5. The van der Waals surface area contributed by atoms with E-state index in [2.05, 4.69) is 19.0 Å². The number of nitrogens with zero attached hydrogens (tertiary/aromatic N) is 2. The average molecular weight is 460 g/mol. The van der Waals surface area contributed by atoms with E-state index in [0.717, 1.165) is 51.1 Å². The molecule has 180 valence electrons. The highest BCUT2D eigenvalue weighted by molar-refractivity contribution is 5.94. The third kappa shape index (κ3) is 7.46. The van der Waals surface area contributed by atoms with Crippen LogP contribution in [0.5, 0.6) is 0 Å². The molecular weight excluding hydrogens is 429 g/mol. The van der Waals surface area contributed by atoms with Crippen molar-refractivity contribution < 1.29 is 37.3 Å². The van der Waals surface area contributed by atoms with Crippen molar-refractivity contribution in [1.29, 1.82) is 0 Å². The molecule has 0 aliphatic carbocycles. The number of rotatable bonds is 6. The fourth-order valence-corrected chi connectivity index (χ4v) is 3.96. The summed E-state index contributed by atoms with van der Waals surface area (Å²) in [4.78, 5) is 25.9. The van der Waals surface area contributed by atoms with E-state index in [-0.39, 0.29) is 17.4 Å². The number of amides is 1. The van der Waals surface area contributed by atoms with E-state index in [1.807, 2.05) is 35.2 Å². The van der Waals surface area contributed by atoms with Gasteiger partial charge in [0.15, 0.2) is 0 Å². The molecule has 0 spiro atoms. The van der Waals surface area contributed by atoms with Crippen molar-refractivity contribution in [2.24, 2.45) is 5.41 Å². The second-order valence-electron chi connectivity index (χ2n) is 8.37. The van der Waals surface area contributed by atoms with Gasteiger partial charge in [0.25, 0.3) is 5.91 Å². The zero-order chi connectivity index (χ0) is 23.8. The molecular formula is C22H31F3N2O5. The summed E-state index contributed by atoms with van der Waals surface area (Å²) in [7, 11) is 4.10. The minimum absolute atomic E-state index is 0.0622. The quantitative estimate of drug-likeness (QED) is 0.658. The molecule has 0 saturated carbocycles. The predicted molar refractivity (Wildman–Crippen MR) is 111 cm³/mol. The Balaban J connectivity index is 0.000000451. The van der Waals surface area contributed by atoms with Gasteiger partial charge in [0.1, 0.15) is 0 Å². The van der Waals surface area contributed by atoms with Gasteiger partial charge in [-0.15, -0.1) is 0 Å². The monoisotopic (exact) mass is 460 g/mol. The number of alkyl halides is 3. The summed E-state index contributed by atoms with van der Waals surface area (Å²) in [5, 5.41) is 7.12. The highest BCUT2D eigenvalue weighted by Crippen LogP contribution is 2.40. The van der Waals surface area contributed by atoms with Crippen molar-refractivity contribution in [2.45, 2.75) is 31.5 Å². The number of carbonyl (C=O) groups is 2. The SMILES string of the molecule is CN(C)CCOCC12CCCOC1CCN(C(=O)c1ccccc1)C2.O=C(O)C(F)(F)F. The van der Waals surface area contributed by atoms with Gasteiger partial charge in [-0.3, -0.25) is 4.79 Å². The first-order chi connectivity index (χ1) is 15.0. The Labute approximate surface area is 186 Å². The van der Waals surface area contributed by atoms with Gasteiger partial charge in [0.05, 0.1) is 19.3 Å². The number of aliphatic carboxylic acids is 1. The lowest BCUT2D eigenvalue weighted by Gasteiger charge is -2.50. The molecule has 3 rings (SSSR count). The lowest BCUT2D eigenvalue weighted by atomic mass is 9.73. The summed E-state index contributed by atoms with van der Waals surface area (Å²) in [6, 6.07) is 9.57. The molecule has 1 N–H and O–H groups in total. The maximum absolute atomic E-state index is 12.9. The number of carboxylic acid groups (broad SMARTS) is 1. The van der Waals surface area contributed by atoms with Crippen LogP contribution < -0.4 is 0 Å². The lowest BCUT2D eigenvalue weighted by molar-refractivity contribution is -0.192. The van der Waals surface area contributed by atoms with Crippen LogP contribution in [0.25, 0.3) is 0 Å². The van der Waals surface area contributed by atoms with Gasteiger partial charge in [-0.1, -0.05) is 18.2 Å². The smallest absolute Gasteiger partial charge is 0.475 e. The molecule has 0 aromatic heterocycles. The molecule has 0 bridgehead atoms. The van der Waals surface area contributed by atoms with Gasteiger partial charge in [-0.25, -0.2) is 4.79 Å². The first kappa shape index (κ1) is 26.1. The van der Waals surface area contributed by atoms with Gasteiger partial charge < -0.3 is 24.4 Å². The van der Waals surface area contributed by atoms with Crippen LogP contribution in [-0.4, -0.2) is 92.6 Å². The van der Waals surface area contributed by atoms with E-state index < -0.39 is 12.1 Å². The second-order valence-corrected chi connectivity index (χ2v) is 8.37. The summed E-state index contributed by atoms with van der Waals surface area (Å²) in [5.74, 6) is -2.63. The Morgan fingerprint density at radius 1 is 1.28 bits per heavy atom. The second kappa shape index (κ2) is 11.6. The summed E-state index contributed by atoms with van der Waals surface area (Å²) in [6.45, 7) is 4.62. The minimum atomic E-state index is -5.08. The topological polar surface area (TPSA) is 79.3 Å². The fraction of sp³-hybridized carbons (Fsp3) is 0.636. The molecule has 2 unspecified atom stereocenters. The standard InChI is InChI=1S/C20H30N2O3.C2HF3O2/c1-21(2)12-14-24-16-20-10-6-13-25-18(20)9-11-22(15-20)19(23)17-7-4-3-5-8-17;3-2(4,5)1(6)7/h3-5,7-8,18H,6,9-16H2,1-2H3;(H,6,7). The molecule has 2 atom stereocenters. The van der Waals surface area contributed by atoms with E-state index in [4.69, 9.17) is 19.4 Å². The summed E-state index contributed by atoms with van der Waals surface area (Å²) in [6.07, 6.45) is -1.87. The highest BCUT2D eigenvalue weighted by Gasteiger charge is 2.47. The molecule has 2 heterocycles. The van der Waals surface area contributed by atoms with Crippen molar-refractivity contribution in [1.82, 2.24) is 9.80 Å². The number of carbonyl (C=O) groups excluding carboxylic acids is 1. The Kier molecular flexibility index (Phi) is 9.47. The summed E-state index contributed by atoms with van der Waals surface area (Å²) < 4.78 is 43.8. The minimum Gasteiger partial charge on any atom is -0.475 e. The highest BCUT2D eigenvalue weighted by atomic mass is 19.4. The van der Waals surface area contributed by atoms with Crippen molar-refractivity contribution in [3.8, 4) is 0 Å². The van der Waals surface area contributed by atoms with E-state index in [1.165, 1.54) is 0 Å². The van der Waals surface area contributed by atoms with E-state index >= 15 is 0 Å². The van der Waals surface area contributed by atoms with Gasteiger partial charge >= 0.3 is 12.1 Å². The zero-order valence-corrected chi connectivity index (χ0v) is 18.4. The Morgan fingerprint density at radius 3 is 2.53 bits per heavy atom. The van der Waals surface area contributed by atoms with Crippen LogP contribution in [-0.2, 0) is 14.3 Å². The molecule has 1 aromatic carbocycles. The third-order valence-electron chi connectivity index (χ3n) is 5.61. The molecule has 2 saturated heterocycles. The molecule has 0 radical (unpaired) electrons. The molecule has 1 amide bonds. The van der Waals surface area contributed by atoms with Crippen LogP contribution in [0.15, 0.2) is 30.3 Å². The fourth-order valence-electron chi connectivity index (χ4n) is 3.96. The number of piperidine rings is 1. The molecule has 2 aliphatic rings. The van der Waals surface area contributed by atoms with Crippen molar-refractivity contribution in [2.75, 3.05) is 53.6 Å². The Hall–Kier alpha value is -2.17. The largest absolute Gasteiger partial charge is 0.490 e. The van der Waals surface area contributed by atoms with Crippen molar-refractivity contribution in [3.05, 3.63) is 35.9 Å². The number of carboxylic acids is 1. The number of likely N-dealkylation sites (tertiary alicyclic amines) is 1. The normalized spacial score (nSPS) is 23.2. The van der Waals surface area contributed by atoms with Crippen LogP contribution >= 0.6 is 0 Å². The van der Waals surface area contributed by atoms with Crippen LogP contribution in [0, 0.1) is 5.41 Å². The first-order valence-corrected chi connectivity index (χ1v) is 10.5. The van der Waals surface area contributed by atoms with Crippen molar-refractivity contribution >= 4 is 11.9 Å². The molecule has 7 nitrogen and oxygen atoms in total. The van der Waals surface area contributed by atoms with E-state index in [1.54, 1.807) is 0 Å². The van der Waals surface area contributed by atoms with Crippen LogP contribution in [0.3, 0.4) is 0 Å². The number of hydrogen-bond acceptors (Lipinski definition) is 5. The molecule has 1 aromatic rings. The molecule has 2 aliphatic heterocycles. The zero-order valence-electron chi connectivity index (χ0n) is 18.4. The van der Waals surface area contributed by atoms with Crippen LogP contribution in [0.2, 0.25) is 0 Å². The molecule has 32 heavy (non-hydrogen) atoms. The summed E-state index contributed by atoms with van der Waals surface area (Å²) in [5.41, 5.74) is 0.703. The number of ether oxygens (including phenoxy) is 2. The number of benzene rings is 1. The van der Waals surface area contributed by atoms with E-state index in [9.17, 15) is 18.0 Å². The Bertz CT molecular complexity index is 745. The predicted octanol–water partition coefficient (Wildman–Crippen LogP) is 2.91. The van der Waals surface area contributed by atoms with E-state index in [0.29, 0.717) is 13.2 Å². The van der Waals surface area contributed by atoms with Crippen molar-refractivity contribution in [3.63, 3.8) is 0 Å². The number of halogens is 3.